The molecule has 4 rings (SSSR count). The Labute approximate surface area is 182 Å². The Morgan fingerprint density at radius 2 is 1.79 bits per heavy atom. The number of nitrogens with zero attached hydrogens (tertiary/aromatic N) is 5. The van der Waals surface area contributed by atoms with Crippen molar-refractivity contribution >= 4 is 40.5 Å². The van der Waals surface area contributed by atoms with Crippen LogP contribution >= 0.6 is 34.7 Å². The van der Waals surface area contributed by atoms with Crippen molar-refractivity contribution in [1.29, 1.82) is 10.5 Å². The number of benzene rings is 1. The zero-order valence-electron chi connectivity index (χ0n) is 15.4. The molecule has 0 spiro atoms. The topological polar surface area (TPSA) is 76.6 Å². The molecule has 0 aliphatic carbocycles. The molecule has 1 aromatic carbocycles. The lowest BCUT2D eigenvalue weighted by atomic mass is 10.2. The van der Waals surface area contributed by atoms with E-state index >= 15 is 0 Å². The van der Waals surface area contributed by atoms with E-state index in [2.05, 4.69) is 17.0 Å². The molecule has 0 saturated carbocycles. The molecular weight excluding hydrogens is 422 g/mol. The lowest BCUT2D eigenvalue weighted by Crippen LogP contribution is -2.20. The number of halogens is 1. The molecule has 3 aromatic rings. The van der Waals surface area contributed by atoms with Gasteiger partial charge in [0.1, 0.15) is 28.0 Å². The molecule has 144 valence electrons. The Morgan fingerprint density at radius 3 is 2.48 bits per heavy atom. The summed E-state index contributed by atoms with van der Waals surface area (Å²) in [4.78, 5) is 11.5. The van der Waals surface area contributed by atoms with Gasteiger partial charge in [0, 0.05) is 34.8 Å². The van der Waals surface area contributed by atoms with Gasteiger partial charge in [-0.15, -0.1) is 11.3 Å². The largest absolute Gasteiger partial charge is 0.355 e. The molecule has 0 unspecified atom stereocenters. The van der Waals surface area contributed by atoms with Gasteiger partial charge in [-0.05, 0) is 31.0 Å². The molecule has 1 aliphatic rings. The summed E-state index contributed by atoms with van der Waals surface area (Å²) in [6.07, 6.45) is 2.20. The molecule has 3 heterocycles. The SMILES string of the molecule is N#Cc1cc(C#N)c(N2CCCC2)nc1SCc1csc(-c2ccc(Cl)cc2)n1. The quantitative estimate of drug-likeness (QED) is 0.491. The molecule has 0 radical (unpaired) electrons. The Hall–Kier alpha value is -2.58. The number of rotatable bonds is 5. The van der Waals surface area contributed by atoms with Crippen molar-refractivity contribution in [2.45, 2.75) is 23.6 Å². The number of anilines is 1. The van der Waals surface area contributed by atoms with Crippen LogP contribution in [0.3, 0.4) is 0 Å². The Kier molecular flexibility index (Phi) is 6.01. The summed E-state index contributed by atoms with van der Waals surface area (Å²) in [5.74, 6) is 1.29. The second-order valence-electron chi connectivity index (χ2n) is 6.57. The van der Waals surface area contributed by atoms with E-state index in [4.69, 9.17) is 21.6 Å². The summed E-state index contributed by atoms with van der Waals surface area (Å²) in [7, 11) is 0. The third kappa shape index (κ3) is 4.38. The van der Waals surface area contributed by atoms with E-state index in [9.17, 15) is 10.5 Å². The van der Waals surface area contributed by atoms with Crippen LogP contribution in [0.5, 0.6) is 0 Å². The van der Waals surface area contributed by atoms with E-state index in [1.807, 2.05) is 29.6 Å². The second-order valence-corrected chi connectivity index (χ2v) is 8.83. The van der Waals surface area contributed by atoms with Crippen molar-refractivity contribution in [1.82, 2.24) is 9.97 Å². The normalized spacial score (nSPS) is 13.3. The zero-order valence-corrected chi connectivity index (χ0v) is 17.8. The number of thioether (sulfide) groups is 1. The Bertz CT molecular complexity index is 1110. The summed E-state index contributed by atoms with van der Waals surface area (Å²) in [5, 5.41) is 23.3. The molecule has 29 heavy (non-hydrogen) atoms. The molecular formula is C21H16ClN5S2. The van der Waals surface area contributed by atoms with Crippen molar-refractivity contribution in [2.24, 2.45) is 0 Å². The number of hydrogen-bond acceptors (Lipinski definition) is 7. The number of nitriles is 2. The van der Waals surface area contributed by atoms with Crippen LogP contribution in [-0.4, -0.2) is 23.1 Å². The second kappa shape index (κ2) is 8.84. The van der Waals surface area contributed by atoms with Gasteiger partial charge in [0.05, 0.1) is 16.8 Å². The maximum atomic E-state index is 9.52. The van der Waals surface area contributed by atoms with Crippen LogP contribution in [0.25, 0.3) is 10.6 Å². The zero-order chi connectivity index (χ0) is 20.2. The Balaban J connectivity index is 1.55. The highest BCUT2D eigenvalue weighted by atomic mass is 35.5. The predicted molar refractivity (Wildman–Crippen MR) is 117 cm³/mol. The molecule has 0 bridgehead atoms. The van der Waals surface area contributed by atoms with Crippen LogP contribution in [0.2, 0.25) is 5.02 Å². The van der Waals surface area contributed by atoms with Crippen LogP contribution in [-0.2, 0) is 5.75 Å². The molecule has 1 aliphatic heterocycles. The molecule has 2 aromatic heterocycles. The van der Waals surface area contributed by atoms with Crippen LogP contribution in [0.15, 0.2) is 40.7 Å². The molecule has 0 N–H and O–H groups in total. The average Bonchev–Trinajstić information content (AvgIpc) is 3.44. The first-order chi connectivity index (χ1) is 14.2. The minimum absolute atomic E-state index is 0.433. The highest BCUT2D eigenvalue weighted by Gasteiger charge is 2.20. The van der Waals surface area contributed by atoms with E-state index in [1.165, 1.54) is 11.8 Å². The van der Waals surface area contributed by atoms with E-state index in [0.29, 0.717) is 32.7 Å². The fourth-order valence-corrected chi connectivity index (χ4v) is 5.07. The minimum Gasteiger partial charge on any atom is -0.355 e. The third-order valence-electron chi connectivity index (χ3n) is 4.61. The third-order valence-corrected chi connectivity index (χ3v) is 6.83. The van der Waals surface area contributed by atoms with Gasteiger partial charge in [-0.1, -0.05) is 35.5 Å². The van der Waals surface area contributed by atoms with Crippen LogP contribution in [0, 0.1) is 22.7 Å². The summed E-state index contributed by atoms with van der Waals surface area (Å²) in [6.45, 7) is 1.79. The van der Waals surface area contributed by atoms with Crippen LogP contribution in [0.4, 0.5) is 5.82 Å². The summed E-state index contributed by atoms with van der Waals surface area (Å²) in [5.41, 5.74) is 2.86. The highest BCUT2D eigenvalue weighted by molar-refractivity contribution is 7.98. The van der Waals surface area contributed by atoms with E-state index in [1.54, 1.807) is 17.4 Å². The van der Waals surface area contributed by atoms with Gasteiger partial charge in [0.25, 0.3) is 0 Å². The van der Waals surface area contributed by atoms with E-state index in [0.717, 1.165) is 42.2 Å². The monoisotopic (exact) mass is 437 g/mol. The fourth-order valence-electron chi connectivity index (χ4n) is 3.17. The number of aromatic nitrogens is 2. The summed E-state index contributed by atoms with van der Waals surface area (Å²) in [6, 6.07) is 13.6. The standard InChI is InChI=1S/C21H16ClN5S2/c22-17-5-3-14(4-6-17)20-25-18(12-28-20)13-29-21-16(11-24)9-15(10-23)19(26-21)27-7-1-2-8-27/h3-6,9,12H,1-2,7-8,13H2. The predicted octanol–water partition coefficient (Wildman–Crippen LogP) is 5.49. The van der Waals surface area contributed by atoms with Crippen molar-refractivity contribution in [3.05, 3.63) is 57.6 Å². The van der Waals surface area contributed by atoms with Crippen LogP contribution in [0.1, 0.15) is 29.7 Å². The van der Waals surface area contributed by atoms with E-state index in [-0.39, 0.29) is 0 Å². The van der Waals surface area contributed by atoms with Crippen molar-refractivity contribution < 1.29 is 0 Å². The fraction of sp³-hybridized carbons (Fsp3) is 0.238. The van der Waals surface area contributed by atoms with Gasteiger partial charge in [0.2, 0.25) is 0 Å². The van der Waals surface area contributed by atoms with Gasteiger partial charge in [0.15, 0.2) is 0 Å². The van der Waals surface area contributed by atoms with Crippen molar-refractivity contribution in [3.8, 4) is 22.7 Å². The van der Waals surface area contributed by atoms with E-state index < -0.39 is 0 Å². The number of hydrogen-bond donors (Lipinski definition) is 0. The average molecular weight is 438 g/mol. The van der Waals surface area contributed by atoms with Crippen molar-refractivity contribution in [2.75, 3.05) is 18.0 Å². The first kappa shape index (κ1) is 19.7. The van der Waals surface area contributed by atoms with Gasteiger partial charge in [-0.3, -0.25) is 0 Å². The first-order valence-corrected chi connectivity index (χ1v) is 11.4. The van der Waals surface area contributed by atoms with Gasteiger partial charge in [-0.2, -0.15) is 10.5 Å². The Morgan fingerprint density at radius 1 is 1.07 bits per heavy atom. The summed E-state index contributed by atoms with van der Waals surface area (Å²) < 4.78 is 0. The van der Waals surface area contributed by atoms with Gasteiger partial charge < -0.3 is 4.90 Å². The number of thiazole rings is 1. The first-order valence-electron chi connectivity index (χ1n) is 9.11. The molecule has 5 nitrogen and oxygen atoms in total. The molecule has 0 atom stereocenters. The molecule has 8 heteroatoms. The lowest BCUT2D eigenvalue weighted by Gasteiger charge is -2.18. The van der Waals surface area contributed by atoms with Gasteiger partial charge >= 0.3 is 0 Å². The molecule has 1 fully saturated rings. The highest BCUT2D eigenvalue weighted by Crippen LogP contribution is 2.32. The lowest BCUT2D eigenvalue weighted by molar-refractivity contribution is 0.909. The summed E-state index contributed by atoms with van der Waals surface area (Å²) >= 11 is 9.01. The number of pyridine rings is 1. The molecule has 0 amide bonds. The minimum atomic E-state index is 0.433. The maximum Gasteiger partial charge on any atom is 0.147 e. The molecule has 1 saturated heterocycles. The smallest absolute Gasteiger partial charge is 0.147 e. The van der Waals surface area contributed by atoms with Crippen LogP contribution < -0.4 is 4.90 Å². The van der Waals surface area contributed by atoms with Crippen molar-refractivity contribution in [3.63, 3.8) is 0 Å². The van der Waals surface area contributed by atoms with Gasteiger partial charge in [-0.25, -0.2) is 9.97 Å². The maximum absolute atomic E-state index is 9.52.